The van der Waals surface area contributed by atoms with Crippen molar-refractivity contribution in [2.75, 3.05) is 11.4 Å². The van der Waals surface area contributed by atoms with Crippen LogP contribution in [0.4, 0.5) is 10.1 Å². The van der Waals surface area contributed by atoms with Crippen molar-refractivity contribution in [3.8, 4) is 0 Å². The summed E-state index contributed by atoms with van der Waals surface area (Å²) in [5.41, 5.74) is 6.90. The van der Waals surface area contributed by atoms with E-state index in [1.165, 1.54) is 6.07 Å². The maximum absolute atomic E-state index is 13.9. The molecular formula is C14H19FN2S. The zero-order chi connectivity index (χ0) is 13.3. The lowest BCUT2D eigenvalue weighted by Crippen LogP contribution is -2.35. The quantitative estimate of drug-likeness (QED) is 0.853. The molecule has 1 aromatic rings. The van der Waals surface area contributed by atoms with Gasteiger partial charge in [0.2, 0.25) is 0 Å². The Morgan fingerprint density at radius 2 is 2.22 bits per heavy atom. The molecule has 0 bridgehead atoms. The molecule has 4 heteroatoms. The van der Waals surface area contributed by atoms with Crippen molar-refractivity contribution >= 4 is 22.9 Å². The molecular weight excluding hydrogens is 247 g/mol. The molecule has 2 N–H and O–H groups in total. The molecule has 0 radical (unpaired) electrons. The first-order chi connectivity index (χ1) is 8.52. The zero-order valence-electron chi connectivity index (χ0n) is 10.8. The molecule has 1 aliphatic heterocycles. The van der Waals surface area contributed by atoms with Crippen LogP contribution in [-0.4, -0.2) is 17.6 Å². The summed E-state index contributed by atoms with van der Waals surface area (Å²) in [6.07, 6.45) is 2.28. The molecule has 0 amide bonds. The summed E-state index contributed by atoms with van der Waals surface area (Å²) in [6, 6.07) is 5.50. The summed E-state index contributed by atoms with van der Waals surface area (Å²) in [4.78, 5) is 2.39. The van der Waals surface area contributed by atoms with Crippen LogP contribution in [0.5, 0.6) is 0 Å². The Kier molecular flexibility index (Phi) is 3.85. The summed E-state index contributed by atoms with van der Waals surface area (Å²) >= 11 is 4.99. The predicted octanol–water partition coefficient (Wildman–Crippen LogP) is 3.08. The number of hydrogen-bond donors (Lipinski definition) is 1. The molecule has 0 aromatic heterocycles. The molecule has 2 nitrogen and oxygen atoms in total. The third-order valence-electron chi connectivity index (χ3n) is 3.62. The molecule has 0 saturated carbocycles. The number of nitrogens with zero attached hydrogens (tertiary/aromatic N) is 1. The monoisotopic (exact) mass is 266 g/mol. The van der Waals surface area contributed by atoms with Gasteiger partial charge in [-0.05, 0) is 30.9 Å². The van der Waals surface area contributed by atoms with E-state index in [9.17, 15) is 4.39 Å². The number of halogens is 1. The SMILES string of the molecule is CC(C)C1CCCN1c1cccc(F)c1C(N)=S. The molecule has 1 unspecified atom stereocenters. The first-order valence-corrected chi connectivity index (χ1v) is 6.78. The van der Waals surface area contributed by atoms with E-state index in [0.717, 1.165) is 25.1 Å². The molecule has 0 spiro atoms. The van der Waals surface area contributed by atoms with Crippen molar-refractivity contribution in [1.29, 1.82) is 0 Å². The van der Waals surface area contributed by atoms with Gasteiger partial charge in [-0.3, -0.25) is 0 Å². The van der Waals surface area contributed by atoms with Gasteiger partial charge in [0.05, 0.1) is 11.3 Å². The van der Waals surface area contributed by atoms with Crippen molar-refractivity contribution in [3.63, 3.8) is 0 Å². The van der Waals surface area contributed by atoms with Crippen molar-refractivity contribution in [1.82, 2.24) is 0 Å². The second-order valence-electron chi connectivity index (χ2n) is 5.15. The van der Waals surface area contributed by atoms with Crippen LogP contribution in [0.25, 0.3) is 0 Å². The molecule has 1 atom stereocenters. The van der Waals surface area contributed by atoms with E-state index in [0.29, 0.717) is 17.5 Å². The lowest BCUT2D eigenvalue weighted by atomic mass is 10.0. The molecule has 1 saturated heterocycles. The highest BCUT2D eigenvalue weighted by Crippen LogP contribution is 2.33. The minimum atomic E-state index is -0.325. The van der Waals surface area contributed by atoms with E-state index < -0.39 is 0 Å². The fourth-order valence-electron chi connectivity index (χ4n) is 2.78. The van der Waals surface area contributed by atoms with Gasteiger partial charge in [-0.25, -0.2) is 4.39 Å². The van der Waals surface area contributed by atoms with Crippen molar-refractivity contribution < 1.29 is 4.39 Å². The molecule has 18 heavy (non-hydrogen) atoms. The van der Waals surface area contributed by atoms with Crippen LogP contribution in [-0.2, 0) is 0 Å². The lowest BCUT2D eigenvalue weighted by molar-refractivity contribution is 0.491. The van der Waals surface area contributed by atoms with Gasteiger partial charge in [-0.1, -0.05) is 32.1 Å². The van der Waals surface area contributed by atoms with E-state index in [4.69, 9.17) is 18.0 Å². The van der Waals surface area contributed by atoms with Gasteiger partial charge in [0.1, 0.15) is 10.8 Å². The molecule has 0 aliphatic carbocycles. The first kappa shape index (κ1) is 13.3. The van der Waals surface area contributed by atoms with E-state index in [-0.39, 0.29) is 10.8 Å². The summed E-state index contributed by atoms with van der Waals surface area (Å²) in [6.45, 7) is 5.34. The van der Waals surface area contributed by atoms with Gasteiger partial charge in [-0.15, -0.1) is 0 Å². The fourth-order valence-corrected chi connectivity index (χ4v) is 2.98. The Balaban J connectivity index is 2.44. The highest BCUT2D eigenvalue weighted by Gasteiger charge is 2.29. The smallest absolute Gasteiger partial charge is 0.135 e. The number of nitrogens with two attached hydrogens (primary N) is 1. The van der Waals surface area contributed by atoms with Gasteiger partial charge < -0.3 is 10.6 Å². The van der Waals surface area contributed by atoms with Gasteiger partial charge >= 0.3 is 0 Å². The molecule has 98 valence electrons. The summed E-state index contributed by atoms with van der Waals surface area (Å²) in [5, 5.41) is 0. The number of hydrogen-bond acceptors (Lipinski definition) is 2. The van der Waals surface area contributed by atoms with Crippen LogP contribution in [0.2, 0.25) is 0 Å². The fraction of sp³-hybridized carbons (Fsp3) is 0.500. The average Bonchev–Trinajstić information content (AvgIpc) is 2.76. The Morgan fingerprint density at radius 3 is 2.83 bits per heavy atom. The summed E-state index contributed by atoms with van der Waals surface area (Å²) in [7, 11) is 0. The molecule has 1 heterocycles. The average molecular weight is 266 g/mol. The topological polar surface area (TPSA) is 29.3 Å². The van der Waals surface area contributed by atoms with Gasteiger partial charge in [0, 0.05) is 12.6 Å². The van der Waals surface area contributed by atoms with E-state index >= 15 is 0 Å². The van der Waals surface area contributed by atoms with Crippen LogP contribution in [0.1, 0.15) is 32.3 Å². The van der Waals surface area contributed by atoms with Crippen molar-refractivity contribution in [3.05, 3.63) is 29.6 Å². The first-order valence-electron chi connectivity index (χ1n) is 6.37. The zero-order valence-corrected chi connectivity index (χ0v) is 11.6. The van der Waals surface area contributed by atoms with Crippen molar-refractivity contribution in [2.24, 2.45) is 11.7 Å². The highest BCUT2D eigenvalue weighted by molar-refractivity contribution is 7.80. The standard InChI is InChI=1S/C14H19FN2S/c1-9(2)11-7-4-8-17(11)12-6-3-5-10(15)13(12)14(16)18/h3,5-6,9,11H,4,7-8H2,1-2H3,(H2,16,18). The van der Waals surface area contributed by atoms with Crippen LogP contribution in [0.3, 0.4) is 0 Å². The van der Waals surface area contributed by atoms with E-state index in [1.807, 2.05) is 6.07 Å². The third-order valence-corrected chi connectivity index (χ3v) is 3.82. The second-order valence-corrected chi connectivity index (χ2v) is 5.59. The van der Waals surface area contributed by atoms with Crippen LogP contribution in [0.15, 0.2) is 18.2 Å². The molecule has 2 rings (SSSR count). The maximum Gasteiger partial charge on any atom is 0.135 e. The van der Waals surface area contributed by atoms with Crippen LogP contribution in [0, 0.1) is 11.7 Å². The highest BCUT2D eigenvalue weighted by atomic mass is 32.1. The van der Waals surface area contributed by atoms with Crippen LogP contribution < -0.4 is 10.6 Å². The Labute approximate surface area is 113 Å². The minimum absolute atomic E-state index is 0.137. The summed E-state index contributed by atoms with van der Waals surface area (Å²) in [5.74, 6) is 0.212. The minimum Gasteiger partial charge on any atom is -0.389 e. The summed E-state index contributed by atoms with van der Waals surface area (Å²) < 4.78 is 13.9. The number of thiocarbonyl (C=S) groups is 1. The predicted molar refractivity (Wildman–Crippen MR) is 77.5 cm³/mol. The maximum atomic E-state index is 13.9. The van der Waals surface area contributed by atoms with Gasteiger partial charge in [-0.2, -0.15) is 0 Å². The van der Waals surface area contributed by atoms with Gasteiger partial charge in [0.15, 0.2) is 0 Å². The normalized spacial score (nSPS) is 19.6. The number of anilines is 1. The lowest BCUT2D eigenvalue weighted by Gasteiger charge is -2.31. The molecule has 1 fully saturated rings. The number of benzene rings is 1. The van der Waals surface area contributed by atoms with E-state index in [2.05, 4.69) is 18.7 Å². The second kappa shape index (κ2) is 5.22. The van der Waals surface area contributed by atoms with Crippen molar-refractivity contribution in [2.45, 2.75) is 32.7 Å². The Morgan fingerprint density at radius 1 is 1.50 bits per heavy atom. The largest absolute Gasteiger partial charge is 0.389 e. The molecule has 1 aromatic carbocycles. The van der Waals surface area contributed by atoms with Crippen LogP contribution >= 0.6 is 12.2 Å². The number of rotatable bonds is 3. The van der Waals surface area contributed by atoms with E-state index in [1.54, 1.807) is 6.07 Å². The Hall–Kier alpha value is -1.16. The molecule has 1 aliphatic rings. The van der Waals surface area contributed by atoms with Gasteiger partial charge in [0.25, 0.3) is 0 Å². The Bertz CT molecular complexity index is 459. The third kappa shape index (κ3) is 2.34.